The van der Waals surface area contributed by atoms with Crippen molar-refractivity contribution in [2.75, 3.05) is 31.5 Å². The molecule has 0 aliphatic carbocycles. The van der Waals surface area contributed by atoms with Crippen LogP contribution >= 0.6 is 72.1 Å². The van der Waals surface area contributed by atoms with Gasteiger partial charge in [-0.2, -0.15) is 30.5 Å². The third-order valence-corrected chi connectivity index (χ3v) is 10.2. The molecule has 53 heavy (non-hydrogen) atoms. The van der Waals surface area contributed by atoms with Gasteiger partial charge in [-0.1, -0.05) is 33.4 Å². The average molecular weight is 855 g/mol. The summed E-state index contributed by atoms with van der Waals surface area (Å²) in [6, 6.07) is 12.9. The Kier molecular flexibility index (Phi) is 32.4. The Hall–Kier alpha value is -3.07. The van der Waals surface area contributed by atoms with Crippen LogP contribution in [-0.2, 0) is 32.0 Å². The molecule has 21 heteroatoms. The number of hydrogen-bond donors (Lipinski definition) is 8. The minimum absolute atomic E-state index is 0. The van der Waals surface area contributed by atoms with Crippen LogP contribution in [0.25, 0.3) is 20.4 Å². The lowest BCUT2D eigenvalue weighted by atomic mass is 10.2. The number of aryl methyl sites for hydroxylation is 2. The second kappa shape index (κ2) is 30.3. The Balaban J connectivity index is -0.000000312. The highest BCUT2D eigenvalue weighted by Gasteiger charge is 2.25. The number of amides is 2. The number of fused-ring (bicyclic) bond motifs is 2. The summed E-state index contributed by atoms with van der Waals surface area (Å²) in [5, 5.41) is 17.9. The molecular weight excluding hydrogens is 802 g/mol. The number of hydrogen-bond acceptors (Lipinski definition) is 17. The van der Waals surface area contributed by atoms with E-state index in [2.05, 4.69) is 89.1 Å². The van der Waals surface area contributed by atoms with Gasteiger partial charge < -0.3 is 44.4 Å². The number of carbonyl (C=O) groups excluding carboxylic acids is 3. The maximum atomic E-state index is 11.1. The van der Waals surface area contributed by atoms with E-state index in [1.54, 1.807) is 23.1 Å². The van der Waals surface area contributed by atoms with Crippen LogP contribution in [0, 0.1) is 11.3 Å². The lowest BCUT2D eigenvalue weighted by molar-refractivity contribution is -0.141. The minimum atomic E-state index is -0.594. The molecule has 3 heterocycles. The van der Waals surface area contributed by atoms with Crippen LogP contribution < -0.4 is 29.1 Å². The van der Waals surface area contributed by atoms with Crippen molar-refractivity contribution in [2.45, 2.75) is 52.2 Å². The van der Waals surface area contributed by atoms with Gasteiger partial charge in [0, 0.05) is 24.4 Å². The summed E-state index contributed by atoms with van der Waals surface area (Å²) in [7, 11) is 2.30. The van der Waals surface area contributed by atoms with Crippen LogP contribution in [0.3, 0.4) is 0 Å². The standard InChI is InChI=1S/C13H13N3OS2.C10H8N2S.C4H9NO2S.C3H8N2OS.CH4O.CH4.ClH.H3N.H2O/c1-2-7-3-4-8-10(5-7)19-13(15-8)12-16-9(6-18-12)11(14)17;1-2-7-3-4-8-9(5-7)13-10(6-11)12-8;1-7-4(6)3(5)2-8;4-2(1-7)3(5)6;1-2;;;;/h3-5,9H,2,6H2,1H3,(H2,14,17);3-5H,2H2,1H3;3,8H,2,5H2,1H3;2,7H,1,4H2,(H2,5,6);2H,1H3;1H4;1H;1H3;1H2/t9-;;3-;2-;;;;;/m1.11...../s1. The monoisotopic (exact) mass is 853 g/mol. The lowest BCUT2D eigenvalue weighted by Crippen LogP contribution is -2.37. The largest absolute Gasteiger partial charge is 0.468 e. The van der Waals surface area contributed by atoms with Crippen LogP contribution in [0.15, 0.2) is 41.4 Å². The topological polar surface area (TPSA) is 313 Å². The second-order valence-corrected chi connectivity index (χ2v) is 13.4. The summed E-state index contributed by atoms with van der Waals surface area (Å²) >= 11 is 12.1. The second-order valence-electron chi connectivity index (χ2n) is 9.63. The molecule has 0 spiro atoms. The van der Waals surface area contributed by atoms with Gasteiger partial charge in [-0.3, -0.25) is 19.4 Å². The summed E-state index contributed by atoms with van der Waals surface area (Å²) < 4.78 is 6.56. The maximum Gasteiger partial charge on any atom is 0.323 e. The SMILES string of the molecule is C.CCc1ccc2nc(C#N)sc2c1.CCc1ccc2nc(C3=N[C@@H](C(N)=O)CS3)sc2c1.CO.COC(=O)[C@H](N)CS.Cl.N.NC(=O)[C@H](N)CS.O. The summed E-state index contributed by atoms with van der Waals surface area (Å²) in [5.41, 5.74) is 24.8. The van der Waals surface area contributed by atoms with Gasteiger partial charge in [-0.15, -0.1) is 46.8 Å². The van der Waals surface area contributed by atoms with Crippen molar-refractivity contribution in [3.05, 3.63) is 57.5 Å². The van der Waals surface area contributed by atoms with Gasteiger partial charge in [-0.05, 0) is 48.2 Å². The number of aliphatic hydroxyl groups excluding tert-OH is 1. The number of aromatic nitrogens is 2. The maximum absolute atomic E-state index is 11.1. The molecule has 5 rings (SSSR count). The number of thiazole rings is 2. The highest BCUT2D eigenvalue weighted by molar-refractivity contribution is 8.15. The highest BCUT2D eigenvalue weighted by Crippen LogP contribution is 2.30. The van der Waals surface area contributed by atoms with Crippen molar-refractivity contribution >= 4 is 115 Å². The number of esters is 1. The fraction of sp³-hybridized carbons (Fsp3) is 0.406. The number of aliphatic imine (C=N–C) groups is 1. The molecule has 2 aromatic carbocycles. The van der Waals surface area contributed by atoms with Crippen molar-refractivity contribution in [3.8, 4) is 6.07 Å². The first-order valence-electron chi connectivity index (χ1n) is 14.6. The summed E-state index contributed by atoms with van der Waals surface area (Å²) in [6.07, 6.45) is 2.04. The van der Waals surface area contributed by atoms with Gasteiger partial charge in [0.2, 0.25) is 11.8 Å². The van der Waals surface area contributed by atoms with E-state index in [9.17, 15) is 14.4 Å². The summed E-state index contributed by atoms with van der Waals surface area (Å²) in [5.74, 6) is -0.0186. The number of primary amides is 2. The van der Waals surface area contributed by atoms with Gasteiger partial charge in [0.15, 0.2) is 5.01 Å². The Morgan fingerprint density at radius 1 is 0.962 bits per heavy atom. The summed E-state index contributed by atoms with van der Waals surface area (Å²) in [4.78, 5) is 44.5. The van der Waals surface area contributed by atoms with Gasteiger partial charge >= 0.3 is 5.97 Å². The van der Waals surface area contributed by atoms with E-state index >= 15 is 0 Å². The van der Waals surface area contributed by atoms with Gasteiger partial charge in [0.25, 0.3) is 0 Å². The van der Waals surface area contributed by atoms with Crippen molar-refractivity contribution in [3.63, 3.8) is 0 Å². The highest BCUT2D eigenvalue weighted by atomic mass is 35.5. The Morgan fingerprint density at radius 3 is 1.81 bits per heavy atom. The number of methoxy groups -OCH3 is 1. The van der Waals surface area contributed by atoms with E-state index in [4.69, 9.17) is 33.3 Å². The number of thioether (sulfide) groups is 1. The number of thiol groups is 2. The van der Waals surface area contributed by atoms with Crippen molar-refractivity contribution in [1.29, 1.82) is 5.26 Å². The number of nitriles is 1. The van der Waals surface area contributed by atoms with Gasteiger partial charge in [0.05, 0.1) is 33.6 Å². The molecule has 4 aromatic rings. The first kappa shape index (κ1) is 56.7. The number of halogens is 1. The van der Waals surface area contributed by atoms with Crippen LogP contribution in [0.2, 0.25) is 0 Å². The number of aliphatic hydroxyl groups is 1. The third-order valence-electron chi connectivity index (χ3n) is 6.24. The van der Waals surface area contributed by atoms with Crippen LogP contribution in [0.5, 0.6) is 0 Å². The van der Waals surface area contributed by atoms with Crippen molar-refractivity contribution < 1.29 is 29.7 Å². The van der Waals surface area contributed by atoms with E-state index in [0.717, 1.165) is 45.7 Å². The third kappa shape index (κ3) is 18.7. The number of ether oxygens (including phenoxy) is 1. The summed E-state index contributed by atoms with van der Waals surface area (Å²) in [6.45, 7) is 4.25. The number of rotatable bonds is 8. The van der Waals surface area contributed by atoms with E-state index in [1.165, 1.54) is 34.3 Å². The molecule has 1 aliphatic heterocycles. The predicted molar refractivity (Wildman–Crippen MR) is 230 cm³/mol. The molecule has 0 bridgehead atoms. The van der Waals surface area contributed by atoms with E-state index < -0.39 is 30.0 Å². The molecule has 298 valence electrons. The molecule has 15 nitrogen and oxygen atoms in total. The molecule has 0 saturated heterocycles. The molecule has 0 fully saturated rings. The van der Waals surface area contributed by atoms with E-state index in [0.29, 0.717) is 22.3 Å². The first-order valence-corrected chi connectivity index (χ1v) is 18.5. The first-order chi connectivity index (χ1) is 23.4. The molecule has 0 saturated carbocycles. The molecule has 2 aromatic heterocycles. The normalized spacial score (nSPS) is 13.1. The zero-order valence-corrected chi connectivity index (χ0v) is 34.2. The minimum Gasteiger partial charge on any atom is -0.468 e. The van der Waals surface area contributed by atoms with Crippen LogP contribution in [0.4, 0.5) is 0 Å². The van der Waals surface area contributed by atoms with Crippen molar-refractivity contribution in [2.24, 2.45) is 27.9 Å². The van der Waals surface area contributed by atoms with Gasteiger partial charge in [0.1, 0.15) is 28.2 Å². The Labute approximate surface area is 339 Å². The molecular formula is C32H52ClN9O6S5. The number of nitrogens with two attached hydrogens (primary N) is 4. The lowest BCUT2D eigenvalue weighted by Gasteiger charge is -2.02. The van der Waals surface area contributed by atoms with Crippen LogP contribution in [0.1, 0.15) is 42.4 Å². The number of nitrogens with zero attached hydrogens (tertiary/aromatic N) is 4. The average Bonchev–Trinajstić information content (AvgIpc) is 3.89. The smallest absolute Gasteiger partial charge is 0.323 e. The Morgan fingerprint density at radius 2 is 1.45 bits per heavy atom. The van der Waals surface area contributed by atoms with E-state index in [1.807, 2.05) is 12.1 Å². The fourth-order valence-electron chi connectivity index (χ4n) is 3.47. The zero-order chi connectivity index (χ0) is 37.1. The molecule has 0 unspecified atom stereocenters. The predicted octanol–water partition coefficient (Wildman–Crippen LogP) is 3.09. The van der Waals surface area contributed by atoms with Gasteiger partial charge in [-0.25, -0.2) is 9.97 Å². The number of carbonyl (C=O) groups is 3. The zero-order valence-electron chi connectivity index (χ0n) is 29.1. The molecule has 3 atom stereocenters. The van der Waals surface area contributed by atoms with E-state index in [-0.39, 0.29) is 37.4 Å². The van der Waals surface area contributed by atoms with Crippen molar-refractivity contribution in [1.82, 2.24) is 16.1 Å². The molecule has 14 N–H and O–H groups in total. The molecule has 1 aliphatic rings. The Bertz CT molecular complexity index is 1750. The fourth-order valence-corrected chi connectivity index (χ4v) is 6.77. The molecule has 2 amide bonds. The van der Waals surface area contributed by atoms with Crippen LogP contribution in [-0.4, -0.2) is 93.0 Å². The quantitative estimate of drug-likeness (QED) is 0.0937. The number of benzene rings is 2. The molecule has 0 radical (unpaired) electrons.